The summed E-state index contributed by atoms with van der Waals surface area (Å²) in [5.74, 6) is 1.38. The molecule has 0 N–H and O–H groups in total. The highest BCUT2D eigenvalue weighted by Gasteiger charge is 2.11. The Labute approximate surface area is 166 Å². The second-order valence-corrected chi connectivity index (χ2v) is 6.42. The lowest BCUT2D eigenvalue weighted by atomic mass is 10.1. The zero-order chi connectivity index (χ0) is 19.8. The topological polar surface area (TPSA) is 48.0 Å². The molecule has 1 saturated heterocycles. The number of carbonyl (C=O) groups excluding carboxylic acids is 1. The van der Waals surface area contributed by atoms with Gasteiger partial charge in [-0.3, -0.25) is 4.79 Å². The van der Waals surface area contributed by atoms with Gasteiger partial charge < -0.3 is 19.1 Å². The summed E-state index contributed by atoms with van der Waals surface area (Å²) in [5, 5.41) is 0. The number of morpholine rings is 1. The molecule has 5 heteroatoms. The maximum atomic E-state index is 12.5. The van der Waals surface area contributed by atoms with Gasteiger partial charge in [0.25, 0.3) is 0 Å². The Hall–Kier alpha value is -2.79. The summed E-state index contributed by atoms with van der Waals surface area (Å²) in [6, 6.07) is 13.4. The molecule has 1 fully saturated rings. The zero-order valence-electron chi connectivity index (χ0n) is 16.5. The van der Waals surface area contributed by atoms with Crippen LogP contribution >= 0.6 is 0 Å². The largest absolute Gasteiger partial charge is 0.490 e. The summed E-state index contributed by atoms with van der Waals surface area (Å²) in [5.41, 5.74) is 2.69. The molecule has 28 heavy (non-hydrogen) atoms. The summed E-state index contributed by atoms with van der Waals surface area (Å²) < 4.78 is 16.6. The average molecular weight is 381 g/mol. The minimum absolute atomic E-state index is 0.0274. The maximum Gasteiger partial charge on any atom is 0.185 e. The molecule has 0 aromatic heterocycles. The monoisotopic (exact) mass is 381 g/mol. The molecule has 3 rings (SSSR count). The SMILES string of the molecule is CCOc1ccc(/C=C/C(=O)c2ccc(N3CCOCC3)cc2)cc1OCC. The lowest BCUT2D eigenvalue weighted by Gasteiger charge is -2.28. The summed E-state index contributed by atoms with van der Waals surface area (Å²) in [6.07, 6.45) is 3.39. The van der Waals surface area contributed by atoms with Crippen molar-refractivity contribution in [3.05, 3.63) is 59.7 Å². The molecule has 148 valence electrons. The number of nitrogens with zero attached hydrogens (tertiary/aromatic N) is 1. The van der Waals surface area contributed by atoms with E-state index in [2.05, 4.69) is 4.90 Å². The van der Waals surface area contributed by atoms with Crippen LogP contribution in [0.25, 0.3) is 6.08 Å². The third-order valence-corrected chi connectivity index (χ3v) is 4.52. The van der Waals surface area contributed by atoms with Crippen molar-refractivity contribution in [2.75, 3.05) is 44.4 Å². The predicted octanol–water partition coefficient (Wildman–Crippen LogP) is 4.22. The van der Waals surface area contributed by atoms with Gasteiger partial charge in [-0.25, -0.2) is 0 Å². The number of benzene rings is 2. The quantitative estimate of drug-likeness (QED) is 0.506. The van der Waals surface area contributed by atoms with Crippen LogP contribution in [0.15, 0.2) is 48.5 Å². The molecule has 0 spiro atoms. The lowest BCUT2D eigenvalue weighted by Crippen LogP contribution is -2.36. The average Bonchev–Trinajstić information content (AvgIpc) is 2.75. The maximum absolute atomic E-state index is 12.5. The highest BCUT2D eigenvalue weighted by molar-refractivity contribution is 6.07. The fourth-order valence-corrected chi connectivity index (χ4v) is 3.10. The number of rotatable bonds is 8. The van der Waals surface area contributed by atoms with Gasteiger partial charge in [0, 0.05) is 24.3 Å². The van der Waals surface area contributed by atoms with E-state index in [0.717, 1.165) is 37.6 Å². The van der Waals surface area contributed by atoms with E-state index < -0.39 is 0 Å². The molecule has 0 radical (unpaired) electrons. The van der Waals surface area contributed by atoms with E-state index in [1.165, 1.54) is 0 Å². The Balaban J connectivity index is 1.68. The second-order valence-electron chi connectivity index (χ2n) is 6.42. The van der Waals surface area contributed by atoms with Crippen molar-refractivity contribution in [3.63, 3.8) is 0 Å². The van der Waals surface area contributed by atoms with E-state index in [-0.39, 0.29) is 5.78 Å². The third kappa shape index (κ3) is 5.14. The molecule has 1 heterocycles. The van der Waals surface area contributed by atoms with Gasteiger partial charge in [-0.05, 0) is 61.9 Å². The Morgan fingerprint density at radius 1 is 1.00 bits per heavy atom. The Bertz CT molecular complexity index is 808. The van der Waals surface area contributed by atoms with Crippen LogP contribution in [0.3, 0.4) is 0 Å². The van der Waals surface area contributed by atoms with E-state index in [9.17, 15) is 4.79 Å². The molecular formula is C23H27NO4. The molecule has 0 aliphatic carbocycles. The second kappa shape index (κ2) is 9.95. The number of hydrogen-bond acceptors (Lipinski definition) is 5. The molecule has 1 aliphatic heterocycles. The molecule has 2 aromatic carbocycles. The molecule has 0 atom stereocenters. The number of ketones is 1. The Morgan fingerprint density at radius 3 is 2.36 bits per heavy atom. The first-order chi connectivity index (χ1) is 13.7. The van der Waals surface area contributed by atoms with E-state index >= 15 is 0 Å². The lowest BCUT2D eigenvalue weighted by molar-refractivity contribution is 0.104. The van der Waals surface area contributed by atoms with Crippen LogP contribution in [-0.2, 0) is 4.74 Å². The first kappa shape index (κ1) is 20.0. The molecule has 1 aliphatic rings. The van der Waals surface area contributed by atoms with Gasteiger partial charge in [-0.1, -0.05) is 12.1 Å². The van der Waals surface area contributed by atoms with Gasteiger partial charge in [0.05, 0.1) is 26.4 Å². The number of hydrogen-bond donors (Lipinski definition) is 0. The summed E-state index contributed by atoms with van der Waals surface area (Å²) in [6.45, 7) is 8.26. The van der Waals surface area contributed by atoms with Gasteiger partial charge in [0.2, 0.25) is 0 Å². The van der Waals surface area contributed by atoms with E-state index in [1.54, 1.807) is 12.2 Å². The van der Waals surface area contributed by atoms with Gasteiger partial charge in [-0.2, -0.15) is 0 Å². The van der Waals surface area contributed by atoms with Crippen LogP contribution in [0.2, 0.25) is 0 Å². The summed E-state index contributed by atoms with van der Waals surface area (Å²) in [4.78, 5) is 14.8. The van der Waals surface area contributed by atoms with Crippen molar-refractivity contribution < 1.29 is 19.0 Å². The van der Waals surface area contributed by atoms with E-state index in [0.29, 0.717) is 30.3 Å². The standard InChI is InChI=1S/C23H27NO4/c1-3-27-22-12-6-18(17-23(22)28-4-2)5-11-21(25)19-7-9-20(10-8-19)24-13-15-26-16-14-24/h5-12,17H,3-4,13-16H2,1-2H3/b11-5+. The molecule has 0 saturated carbocycles. The normalized spacial score (nSPS) is 14.3. The predicted molar refractivity (Wildman–Crippen MR) is 112 cm³/mol. The molecule has 5 nitrogen and oxygen atoms in total. The highest BCUT2D eigenvalue weighted by Crippen LogP contribution is 2.29. The van der Waals surface area contributed by atoms with Crippen LogP contribution in [0, 0.1) is 0 Å². The summed E-state index contributed by atoms with van der Waals surface area (Å²) >= 11 is 0. The van der Waals surface area contributed by atoms with Crippen LogP contribution in [0.4, 0.5) is 5.69 Å². The van der Waals surface area contributed by atoms with Gasteiger partial charge in [0.1, 0.15) is 0 Å². The fourth-order valence-electron chi connectivity index (χ4n) is 3.10. The first-order valence-corrected chi connectivity index (χ1v) is 9.76. The minimum atomic E-state index is -0.0274. The van der Waals surface area contributed by atoms with Crippen LogP contribution in [-0.4, -0.2) is 45.3 Å². The zero-order valence-corrected chi connectivity index (χ0v) is 16.5. The third-order valence-electron chi connectivity index (χ3n) is 4.52. The van der Waals surface area contributed by atoms with Crippen LogP contribution < -0.4 is 14.4 Å². The number of allylic oxidation sites excluding steroid dienone is 1. The summed E-state index contributed by atoms with van der Waals surface area (Å²) in [7, 11) is 0. The first-order valence-electron chi connectivity index (χ1n) is 9.76. The number of carbonyl (C=O) groups is 1. The molecule has 0 unspecified atom stereocenters. The van der Waals surface area contributed by atoms with E-state index in [4.69, 9.17) is 14.2 Å². The van der Waals surface area contributed by atoms with Gasteiger partial charge in [0.15, 0.2) is 17.3 Å². The van der Waals surface area contributed by atoms with E-state index in [1.807, 2.05) is 56.3 Å². The molecular weight excluding hydrogens is 354 g/mol. The van der Waals surface area contributed by atoms with Crippen molar-refractivity contribution in [2.24, 2.45) is 0 Å². The number of anilines is 1. The Kier molecular flexibility index (Phi) is 7.09. The van der Waals surface area contributed by atoms with Crippen molar-refractivity contribution in [1.82, 2.24) is 0 Å². The van der Waals surface area contributed by atoms with Crippen LogP contribution in [0.5, 0.6) is 11.5 Å². The smallest absolute Gasteiger partial charge is 0.185 e. The Morgan fingerprint density at radius 2 is 1.68 bits per heavy atom. The molecule has 2 aromatic rings. The van der Waals surface area contributed by atoms with Gasteiger partial charge in [-0.15, -0.1) is 0 Å². The van der Waals surface area contributed by atoms with Gasteiger partial charge >= 0.3 is 0 Å². The fraction of sp³-hybridized carbons (Fsp3) is 0.348. The van der Waals surface area contributed by atoms with Crippen molar-refractivity contribution >= 4 is 17.5 Å². The molecule has 0 amide bonds. The number of ether oxygens (including phenoxy) is 3. The van der Waals surface area contributed by atoms with Crippen LogP contribution in [0.1, 0.15) is 29.8 Å². The minimum Gasteiger partial charge on any atom is -0.490 e. The van der Waals surface area contributed by atoms with Crippen molar-refractivity contribution in [2.45, 2.75) is 13.8 Å². The molecule has 0 bridgehead atoms. The van der Waals surface area contributed by atoms with Crippen molar-refractivity contribution in [1.29, 1.82) is 0 Å². The highest BCUT2D eigenvalue weighted by atomic mass is 16.5. The van der Waals surface area contributed by atoms with Crippen molar-refractivity contribution in [3.8, 4) is 11.5 Å².